The second kappa shape index (κ2) is 10.4. The molecule has 0 saturated heterocycles. The van der Waals surface area contributed by atoms with E-state index < -0.39 is 0 Å². The summed E-state index contributed by atoms with van der Waals surface area (Å²) in [6.45, 7) is 0.0523. The highest BCUT2D eigenvalue weighted by molar-refractivity contribution is 6.35. The highest BCUT2D eigenvalue weighted by Gasteiger charge is 2.16. The predicted octanol–water partition coefficient (Wildman–Crippen LogP) is 7.62. The van der Waals surface area contributed by atoms with Crippen LogP contribution in [0.5, 0.6) is 11.5 Å². The molecule has 0 atom stereocenters. The topological polar surface area (TPSA) is 49.2 Å². The number of fused-ring (bicyclic) bond motifs is 1. The zero-order valence-electron chi connectivity index (χ0n) is 19.2. The van der Waals surface area contributed by atoms with Crippen LogP contribution in [-0.4, -0.2) is 21.6 Å². The van der Waals surface area contributed by atoms with E-state index in [9.17, 15) is 4.39 Å². The normalized spacial score (nSPS) is 11.3. The van der Waals surface area contributed by atoms with Gasteiger partial charge < -0.3 is 9.47 Å². The first-order valence-corrected chi connectivity index (χ1v) is 11.8. The van der Waals surface area contributed by atoms with E-state index in [4.69, 9.17) is 37.7 Å². The molecule has 5 nitrogen and oxygen atoms in total. The van der Waals surface area contributed by atoms with E-state index in [1.807, 2.05) is 53.1 Å². The number of imidazole rings is 1. The maximum atomic E-state index is 14.1. The Bertz CT molecular complexity index is 1580. The van der Waals surface area contributed by atoms with Gasteiger partial charge in [0.2, 0.25) is 0 Å². The minimum absolute atomic E-state index is 0.0523. The highest BCUT2D eigenvalue weighted by atomic mass is 35.5. The van der Waals surface area contributed by atoms with Crippen molar-refractivity contribution in [2.24, 2.45) is 0 Å². The van der Waals surface area contributed by atoms with Gasteiger partial charge in [-0.15, -0.1) is 0 Å². The maximum Gasteiger partial charge on any atom is 0.168 e. The first-order chi connectivity index (χ1) is 17.5. The summed E-state index contributed by atoms with van der Waals surface area (Å²) >= 11 is 12.6. The van der Waals surface area contributed by atoms with Crippen molar-refractivity contribution in [3.63, 3.8) is 0 Å². The molecule has 0 bridgehead atoms. The molecule has 0 unspecified atom stereocenters. The molecule has 0 N–H and O–H groups in total. The summed E-state index contributed by atoms with van der Waals surface area (Å²) in [4.78, 5) is 9.22. The Labute approximate surface area is 217 Å². The summed E-state index contributed by atoms with van der Waals surface area (Å²) in [7, 11) is 1.56. The standard InChI is InChI=1S/C28H20Cl2FN3O2/c1-35-25-12-6-8-18(27(25)36-17-19-7-2-3-9-22(19)31)13-14-26-33-23-10-4-5-11-24(23)34(26)28-21(30)15-20(29)16-32-28/h2-16H,17H2,1H3. The fourth-order valence-corrected chi connectivity index (χ4v) is 4.32. The van der Waals surface area contributed by atoms with Crippen LogP contribution in [0.15, 0.2) is 79.0 Å². The van der Waals surface area contributed by atoms with Crippen LogP contribution in [-0.2, 0) is 6.61 Å². The second-order valence-corrected chi connectivity index (χ2v) is 8.69. The van der Waals surface area contributed by atoms with Crippen LogP contribution in [0.1, 0.15) is 17.0 Å². The summed E-state index contributed by atoms with van der Waals surface area (Å²) in [5.74, 6) is 1.81. The van der Waals surface area contributed by atoms with Crippen LogP contribution in [0.4, 0.5) is 4.39 Å². The Morgan fingerprint density at radius 3 is 2.58 bits per heavy atom. The Balaban J connectivity index is 1.56. The molecule has 0 saturated carbocycles. The van der Waals surface area contributed by atoms with E-state index in [0.29, 0.717) is 38.8 Å². The van der Waals surface area contributed by atoms with E-state index in [1.165, 1.54) is 6.07 Å². The summed E-state index contributed by atoms with van der Waals surface area (Å²) in [5.41, 5.74) is 2.81. The van der Waals surface area contributed by atoms with Crippen molar-refractivity contribution in [2.75, 3.05) is 7.11 Å². The van der Waals surface area contributed by atoms with Gasteiger partial charge in [0.25, 0.3) is 0 Å². The molecule has 0 spiro atoms. The van der Waals surface area contributed by atoms with Gasteiger partial charge in [-0.3, -0.25) is 4.57 Å². The maximum absolute atomic E-state index is 14.1. The Hall–Kier alpha value is -3.87. The molecule has 2 aromatic heterocycles. The molecule has 2 heterocycles. The predicted molar refractivity (Wildman–Crippen MR) is 142 cm³/mol. The van der Waals surface area contributed by atoms with Crippen molar-refractivity contribution in [3.8, 4) is 17.3 Å². The van der Waals surface area contributed by atoms with Gasteiger partial charge in [0.15, 0.2) is 17.3 Å². The number of aromatic nitrogens is 3. The van der Waals surface area contributed by atoms with Crippen LogP contribution in [0.25, 0.3) is 29.0 Å². The van der Waals surface area contributed by atoms with Gasteiger partial charge in [-0.25, -0.2) is 14.4 Å². The van der Waals surface area contributed by atoms with Crippen LogP contribution >= 0.6 is 23.2 Å². The van der Waals surface area contributed by atoms with Gasteiger partial charge in [-0.1, -0.05) is 65.7 Å². The number of benzene rings is 3. The average Bonchev–Trinajstić information content (AvgIpc) is 3.25. The number of ether oxygens (including phenoxy) is 2. The number of halogens is 3. The Kier molecular flexibility index (Phi) is 6.89. The van der Waals surface area contributed by atoms with E-state index in [0.717, 1.165) is 16.6 Å². The lowest BCUT2D eigenvalue weighted by Gasteiger charge is -2.14. The molecule has 3 aromatic carbocycles. The number of pyridine rings is 1. The Morgan fingerprint density at radius 1 is 0.972 bits per heavy atom. The third-order valence-corrected chi connectivity index (χ3v) is 6.04. The lowest BCUT2D eigenvalue weighted by Crippen LogP contribution is -2.02. The number of nitrogens with zero attached hydrogens (tertiary/aromatic N) is 3. The van der Waals surface area contributed by atoms with Gasteiger partial charge in [-0.05, 0) is 42.5 Å². The second-order valence-electron chi connectivity index (χ2n) is 7.85. The Morgan fingerprint density at radius 2 is 1.78 bits per heavy atom. The number of hydrogen-bond acceptors (Lipinski definition) is 4. The highest BCUT2D eigenvalue weighted by Crippen LogP contribution is 2.34. The number of para-hydroxylation sites is 3. The van der Waals surface area contributed by atoms with Crippen molar-refractivity contribution < 1.29 is 13.9 Å². The molecule has 0 amide bonds. The quantitative estimate of drug-likeness (QED) is 0.222. The first kappa shape index (κ1) is 23.9. The van der Waals surface area contributed by atoms with Crippen molar-refractivity contribution in [1.82, 2.24) is 14.5 Å². The fraction of sp³-hybridized carbons (Fsp3) is 0.0714. The van der Waals surface area contributed by atoms with Crippen LogP contribution in [0.2, 0.25) is 10.0 Å². The van der Waals surface area contributed by atoms with E-state index in [-0.39, 0.29) is 12.4 Å². The van der Waals surface area contributed by atoms with Crippen molar-refractivity contribution in [3.05, 3.63) is 112 Å². The van der Waals surface area contributed by atoms with Crippen LogP contribution < -0.4 is 9.47 Å². The number of hydrogen-bond donors (Lipinski definition) is 0. The van der Waals surface area contributed by atoms with Gasteiger partial charge >= 0.3 is 0 Å². The fourth-order valence-electron chi connectivity index (χ4n) is 3.86. The molecular formula is C28H20Cl2FN3O2. The van der Waals surface area contributed by atoms with Crippen molar-refractivity contribution in [1.29, 1.82) is 0 Å². The SMILES string of the molecule is COc1cccc(C=Cc2nc3ccccc3n2-c2ncc(Cl)cc2Cl)c1OCc1ccccc1F. The molecule has 36 heavy (non-hydrogen) atoms. The third-order valence-electron chi connectivity index (χ3n) is 5.56. The van der Waals surface area contributed by atoms with E-state index in [1.54, 1.807) is 43.6 Å². The summed E-state index contributed by atoms with van der Waals surface area (Å²) in [5, 5.41) is 0.842. The van der Waals surface area contributed by atoms with E-state index >= 15 is 0 Å². The van der Waals surface area contributed by atoms with Crippen LogP contribution in [0.3, 0.4) is 0 Å². The van der Waals surface area contributed by atoms with Gasteiger partial charge in [0.05, 0.1) is 28.2 Å². The molecule has 0 aliphatic rings. The molecule has 0 aliphatic carbocycles. The lowest BCUT2D eigenvalue weighted by atomic mass is 10.1. The molecule has 0 radical (unpaired) electrons. The molecule has 0 fully saturated rings. The first-order valence-electron chi connectivity index (χ1n) is 11.1. The molecule has 5 aromatic rings. The van der Waals surface area contributed by atoms with Crippen molar-refractivity contribution >= 4 is 46.4 Å². The minimum atomic E-state index is -0.328. The zero-order chi connectivity index (χ0) is 25.1. The third kappa shape index (κ3) is 4.78. The van der Waals surface area contributed by atoms with E-state index in [2.05, 4.69) is 4.98 Å². The molecule has 180 valence electrons. The zero-order valence-corrected chi connectivity index (χ0v) is 20.7. The largest absolute Gasteiger partial charge is 0.493 e. The molecular weight excluding hydrogens is 500 g/mol. The van der Waals surface area contributed by atoms with Crippen LogP contribution in [0, 0.1) is 5.82 Å². The molecule has 8 heteroatoms. The molecule has 0 aliphatic heterocycles. The number of methoxy groups -OCH3 is 1. The summed E-state index contributed by atoms with van der Waals surface area (Å²) in [6.07, 6.45) is 5.25. The summed E-state index contributed by atoms with van der Waals surface area (Å²) in [6, 6.07) is 21.4. The summed E-state index contributed by atoms with van der Waals surface area (Å²) < 4.78 is 27.6. The average molecular weight is 520 g/mol. The van der Waals surface area contributed by atoms with Gasteiger partial charge in [-0.2, -0.15) is 0 Å². The minimum Gasteiger partial charge on any atom is -0.493 e. The molecule has 5 rings (SSSR count). The van der Waals surface area contributed by atoms with Gasteiger partial charge in [0.1, 0.15) is 18.2 Å². The van der Waals surface area contributed by atoms with Gasteiger partial charge in [0, 0.05) is 17.3 Å². The smallest absolute Gasteiger partial charge is 0.168 e. The number of rotatable bonds is 7. The lowest BCUT2D eigenvalue weighted by molar-refractivity contribution is 0.279. The van der Waals surface area contributed by atoms with Crippen molar-refractivity contribution in [2.45, 2.75) is 6.61 Å². The monoisotopic (exact) mass is 519 g/mol.